The van der Waals surface area contributed by atoms with Crippen molar-refractivity contribution in [2.75, 3.05) is 19.6 Å². The van der Waals surface area contributed by atoms with Gasteiger partial charge in [-0.3, -0.25) is 9.69 Å². The van der Waals surface area contributed by atoms with Crippen molar-refractivity contribution in [2.45, 2.75) is 25.0 Å². The lowest BCUT2D eigenvalue weighted by molar-refractivity contribution is -0.162. The molecule has 20 heavy (non-hydrogen) atoms. The molecular formula is C16H21N3O. The van der Waals surface area contributed by atoms with Crippen LogP contribution in [0.25, 0.3) is 0 Å². The zero-order chi connectivity index (χ0) is 13.7. The van der Waals surface area contributed by atoms with E-state index in [0.717, 1.165) is 26.2 Å². The molecule has 1 aliphatic carbocycles. The molecule has 2 bridgehead atoms. The van der Waals surface area contributed by atoms with Gasteiger partial charge in [0.15, 0.2) is 0 Å². The van der Waals surface area contributed by atoms with Crippen LogP contribution in [0, 0.1) is 11.8 Å². The second-order valence-corrected chi connectivity index (χ2v) is 6.52. The number of rotatable bonds is 3. The molecule has 106 valence electrons. The van der Waals surface area contributed by atoms with Crippen LogP contribution in [-0.4, -0.2) is 47.4 Å². The predicted octanol–water partition coefficient (Wildman–Crippen LogP) is 0.676. The average molecular weight is 271 g/mol. The van der Waals surface area contributed by atoms with Crippen LogP contribution in [0.3, 0.4) is 0 Å². The van der Waals surface area contributed by atoms with Gasteiger partial charge in [-0.2, -0.15) is 0 Å². The summed E-state index contributed by atoms with van der Waals surface area (Å²) >= 11 is 0. The van der Waals surface area contributed by atoms with E-state index in [9.17, 15) is 4.79 Å². The second-order valence-electron chi connectivity index (χ2n) is 6.52. The summed E-state index contributed by atoms with van der Waals surface area (Å²) in [7, 11) is 0. The van der Waals surface area contributed by atoms with Gasteiger partial charge >= 0.3 is 0 Å². The summed E-state index contributed by atoms with van der Waals surface area (Å²) in [5.41, 5.74) is 7.09. The fourth-order valence-electron chi connectivity index (χ4n) is 4.19. The molecule has 3 atom stereocenters. The van der Waals surface area contributed by atoms with E-state index in [1.165, 1.54) is 12.0 Å². The molecule has 0 radical (unpaired) electrons. The van der Waals surface area contributed by atoms with E-state index in [0.29, 0.717) is 17.9 Å². The molecule has 2 N–H and O–H groups in total. The van der Waals surface area contributed by atoms with E-state index in [-0.39, 0.29) is 11.9 Å². The van der Waals surface area contributed by atoms with Gasteiger partial charge in [0, 0.05) is 32.2 Å². The van der Waals surface area contributed by atoms with Gasteiger partial charge in [0.1, 0.15) is 6.04 Å². The number of hydrogen-bond acceptors (Lipinski definition) is 3. The van der Waals surface area contributed by atoms with Crippen molar-refractivity contribution in [2.24, 2.45) is 17.6 Å². The summed E-state index contributed by atoms with van der Waals surface area (Å²) in [6.45, 7) is 4.05. The van der Waals surface area contributed by atoms with Gasteiger partial charge in [-0.05, 0) is 23.8 Å². The molecule has 1 aromatic carbocycles. The Bertz CT molecular complexity index is 506. The van der Waals surface area contributed by atoms with Crippen LogP contribution in [0.5, 0.6) is 0 Å². The Morgan fingerprint density at radius 3 is 2.40 bits per heavy atom. The summed E-state index contributed by atoms with van der Waals surface area (Å²) in [5.74, 6) is 1.49. The van der Waals surface area contributed by atoms with E-state index in [4.69, 9.17) is 5.73 Å². The lowest BCUT2D eigenvalue weighted by Crippen LogP contribution is -2.73. The highest BCUT2D eigenvalue weighted by atomic mass is 16.2. The molecule has 0 spiro atoms. The summed E-state index contributed by atoms with van der Waals surface area (Å²) in [5, 5.41) is 0. The lowest BCUT2D eigenvalue weighted by Gasteiger charge is -2.60. The van der Waals surface area contributed by atoms with Gasteiger partial charge < -0.3 is 10.6 Å². The van der Waals surface area contributed by atoms with Crippen LogP contribution in [-0.2, 0) is 11.3 Å². The molecule has 3 saturated heterocycles. The van der Waals surface area contributed by atoms with Crippen molar-refractivity contribution in [1.82, 2.24) is 9.80 Å². The predicted molar refractivity (Wildman–Crippen MR) is 76.8 cm³/mol. The van der Waals surface area contributed by atoms with Crippen molar-refractivity contribution in [3.63, 3.8) is 0 Å². The summed E-state index contributed by atoms with van der Waals surface area (Å²) < 4.78 is 0. The van der Waals surface area contributed by atoms with Gasteiger partial charge in [0.05, 0.1) is 0 Å². The number of amides is 1. The third kappa shape index (κ3) is 1.86. The van der Waals surface area contributed by atoms with Crippen molar-refractivity contribution >= 4 is 5.91 Å². The molecule has 3 heterocycles. The van der Waals surface area contributed by atoms with Crippen molar-refractivity contribution in [1.29, 1.82) is 0 Å². The normalized spacial score (nSPS) is 36.5. The van der Waals surface area contributed by atoms with Gasteiger partial charge in [-0.15, -0.1) is 0 Å². The highest BCUT2D eigenvalue weighted by Gasteiger charge is 2.53. The quantitative estimate of drug-likeness (QED) is 0.822. The summed E-state index contributed by atoms with van der Waals surface area (Å²) in [4.78, 5) is 16.4. The molecule has 1 amide bonds. The monoisotopic (exact) mass is 271 g/mol. The third-order valence-electron chi connectivity index (χ3n) is 5.16. The summed E-state index contributed by atoms with van der Waals surface area (Å²) in [6, 6.07) is 10.9. The Labute approximate surface area is 119 Å². The van der Waals surface area contributed by atoms with Crippen LogP contribution in [0.1, 0.15) is 12.0 Å². The van der Waals surface area contributed by atoms with Crippen molar-refractivity contribution < 1.29 is 4.79 Å². The number of carbonyl (C=O) groups is 1. The molecule has 3 aliphatic heterocycles. The number of nitrogens with two attached hydrogens (primary N) is 1. The smallest absolute Gasteiger partial charge is 0.241 e. The second kappa shape index (κ2) is 4.57. The highest BCUT2D eigenvalue weighted by molar-refractivity contribution is 5.88. The molecule has 3 unspecified atom stereocenters. The molecule has 4 aliphatic rings. The van der Waals surface area contributed by atoms with E-state index in [1.54, 1.807) is 0 Å². The zero-order valence-electron chi connectivity index (χ0n) is 11.6. The molecule has 4 heteroatoms. The number of fused-ring (bicyclic) bond motifs is 2. The minimum absolute atomic E-state index is 0.168. The number of carbonyl (C=O) groups excluding carboxylic acids is 1. The lowest BCUT2D eigenvalue weighted by atomic mass is 9.64. The molecule has 0 aromatic heterocycles. The number of benzene rings is 1. The molecule has 5 rings (SSSR count). The SMILES string of the molecule is NC1CN(C2C3CC2CN(Cc2ccccc2)C3)C1=O. The Kier molecular flexibility index (Phi) is 2.82. The fourth-order valence-corrected chi connectivity index (χ4v) is 4.19. The maximum atomic E-state index is 11.8. The topological polar surface area (TPSA) is 49.6 Å². The molecule has 1 aromatic rings. The van der Waals surface area contributed by atoms with Crippen LogP contribution in [0.4, 0.5) is 0 Å². The van der Waals surface area contributed by atoms with E-state index in [1.807, 2.05) is 4.90 Å². The van der Waals surface area contributed by atoms with Gasteiger partial charge in [0.2, 0.25) is 5.91 Å². The number of hydrogen-bond donors (Lipinski definition) is 1. The molecule has 4 fully saturated rings. The van der Waals surface area contributed by atoms with Crippen LogP contribution in [0.2, 0.25) is 0 Å². The number of nitrogens with zero attached hydrogens (tertiary/aromatic N) is 2. The average Bonchev–Trinajstić information content (AvgIpc) is 2.47. The van der Waals surface area contributed by atoms with Gasteiger partial charge in [0.25, 0.3) is 0 Å². The van der Waals surface area contributed by atoms with Crippen LogP contribution in [0.15, 0.2) is 30.3 Å². The maximum Gasteiger partial charge on any atom is 0.241 e. The van der Waals surface area contributed by atoms with E-state index in [2.05, 4.69) is 35.2 Å². The first-order valence-electron chi connectivity index (χ1n) is 7.54. The number of piperidine rings is 2. The summed E-state index contributed by atoms with van der Waals surface area (Å²) in [6.07, 6.45) is 1.29. The molecule has 4 nitrogen and oxygen atoms in total. The van der Waals surface area contributed by atoms with Crippen molar-refractivity contribution in [3.05, 3.63) is 35.9 Å². The van der Waals surface area contributed by atoms with Gasteiger partial charge in [-0.25, -0.2) is 0 Å². The first-order valence-corrected chi connectivity index (χ1v) is 7.54. The maximum absolute atomic E-state index is 11.8. The first kappa shape index (κ1) is 12.4. The van der Waals surface area contributed by atoms with Crippen LogP contribution < -0.4 is 5.73 Å². The third-order valence-corrected chi connectivity index (χ3v) is 5.16. The fraction of sp³-hybridized carbons (Fsp3) is 0.562. The minimum Gasteiger partial charge on any atom is -0.336 e. The number of β-lactam (4-membered cyclic amide) rings is 1. The number of likely N-dealkylation sites (tertiary alicyclic amines) is 1. The Balaban J connectivity index is 1.37. The Hall–Kier alpha value is -1.39. The highest BCUT2D eigenvalue weighted by Crippen LogP contribution is 2.45. The first-order chi connectivity index (χ1) is 9.72. The minimum atomic E-state index is -0.225. The van der Waals surface area contributed by atoms with Gasteiger partial charge in [-0.1, -0.05) is 30.3 Å². The largest absolute Gasteiger partial charge is 0.336 e. The van der Waals surface area contributed by atoms with Crippen LogP contribution >= 0.6 is 0 Å². The Morgan fingerprint density at radius 1 is 1.10 bits per heavy atom. The zero-order valence-corrected chi connectivity index (χ0v) is 11.6. The van der Waals surface area contributed by atoms with E-state index >= 15 is 0 Å². The molecule has 1 saturated carbocycles. The van der Waals surface area contributed by atoms with Crippen molar-refractivity contribution in [3.8, 4) is 0 Å². The Morgan fingerprint density at radius 2 is 1.80 bits per heavy atom. The molecular weight excluding hydrogens is 250 g/mol. The standard InChI is InChI=1S/C16H21N3O/c17-14-10-19(16(14)20)15-12-6-13(15)9-18(8-12)7-11-4-2-1-3-5-11/h1-5,12-15H,6-10,17H2. The van der Waals surface area contributed by atoms with E-state index < -0.39 is 0 Å².